The lowest BCUT2D eigenvalue weighted by Gasteiger charge is -2.29. The highest BCUT2D eigenvalue weighted by Crippen LogP contribution is 2.32. The quantitative estimate of drug-likeness (QED) is 0.691. The van der Waals surface area contributed by atoms with Gasteiger partial charge in [0.1, 0.15) is 5.75 Å². The molecule has 0 saturated heterocycles. The number of rotatable bonds is 4. The lowest BCUT2D eigenvalue weighted by atomic mass is 9.86. The summed E-state index contributed by atoms with van der Waals surface area (Å²) >= 11 is 5.99. The van der Waals surface area contributed by atoms with E-state index in [9.17, 15) is 0 Å². The van der Waals surface area contributed by atoms with Crippen LogP contribution in [0, 0.1) is 12.8 Å². The monoisotopic (exact) mass is 266 g/mol. The predicted molar refractivity (Wildman–Crippen MR) is 77.4 cm³/mol. The number of para-hydroxylation sites is 1. The highest BCUT2D eigenvalue weighted by Gasteiger charge is 2.22. The molecule has 0 N–H and O–H groups in total. The van der Waals surface area contributed by atoms with E-state index in [1.807, 2.05) is 6.07 Å². The fourth-order valence-electron chi connectivity index (χ4n) is 2.81. The molecule has 1 aliphatic rings. The normalized spacial score (nSPS) is 23.9. The molecule has 2 rings (SSSR count). The molecular weight excluding hydrogens is 244 g/mol. The minimum Gasteiger partial charge on any atom is -0.490 e. The second kappa shape index (κ2) is 6.47. The first-order valence-corrected chi connectivity index (χ1v) is 7.59. The van der Waals surface area contributed by atoms with E-state index in [-0.39, 0.29) is 0 Å². The van der Waals surface area contributed by atoms with Gasteiger partial charge < -0.3 is 4.74 Å². The fraction of sp³-hybridized carbons (Fsp3) is 0.625. The molecule has 1 fully saturated rings. The number of aryl methyl sites for hydroxylation is 1. The summed E-state index contributed by atoms with van der Waals surface area (Å²) in [5.74, 6) is 2.46. The second-order valence-corrected chi connectivity index (χ2v) is 5.63. The van der Waals surface area contributed by atoms with Crippen molar-refractivity contribution in [3.05, 3.63) is 29.3 Å². The number of alkyl halides is 1. The predicted octanol–water partition coefficient (Wildman–Crippen LogP) is 5.08. The fourth-order valence-corrected chi connectivity index (χ4v) is 3.02. The molecule has 1 aromatic carbocycles. The maximum absolute atomic E-state index is 6.22. The Labute approximate surface area is 115 Å². The van der Waals surface area contributed by atoms with Crippen LogP contribution in [0.15, 0.2) is 18.2 Å². The van der Waals surface area contributed by atoms with Gasteiger partial charge in [-0.05, 0) is 44.1 Å². The molecular formula is C16H23ClO. The Balaban J connectivity index is 2.02. The van der Waals surface area contributed by atoms with Crippen LogP contribution in [-0.4, -0.2) is 6.10 Å². The van der Waals surface area contributed by atoms with Gasteiger partial charge in [-0.15, -0.1) is 11.6 Å². The smallest absolute Gasteiger partial charge is 0.127 e. The largest absolute Gasteiger partial charge is 0.490 e. The van der Waals surface area contributed by atoms with Crippen molar-refractivity contribution in [2.45, 2.75) is 57.9 Å². The van der Waals surface area contributed by atoms with Gasteiger partial charge in [0.2, 0.25) is 0 Å². The van der Waals surface area contributed by atoms with Gasteiger partial charge in [0.05, 0.1) is 12.0 Å². The summed E-state index contributed by atoms with van der Waals surface area (Å²) in [6.07, 6.45) is 6.69. The SMILES string of the molecule is CCC1CCC(Oc2c(C)cccc2CCl)CC1. The standard InChI is InChI=1S/C16H23ClO/c1-3-13-7-9-15(10-8-13)18-16-12(2)5-4-6-14(16)11-17/h4-6,13,15H,3,7-11H2,1-2H3. The van der Waals surface area contributed by atoms with E-state index < -0.39 is 0 Å². The van der Waals surface area contributed by atoms with E-state index in [0.717, 1.165) is 17.2 Å². The maximum Gasteiger partial charge on any atom is 0.127 e. The van der Waals surface area contributed by atoms with Crippen LogP contribution < -0.4 is 4.74 Å². The van der Waals surface area contributed by atoms with Crippen molar-refractivity contribution in [3.63, 3.8) is 0 Å². The van der Waals surface area contributed by atoms with Crippen LogP contribution in [-0.2, 0) is 5.88 Å². The zero-order valence-electron chi connectivity index (χ0n) is 11.4. The molecule has 0 atom stereocenters. The Morgan fingerprint density at radius 3 is 2.56 bits per heavy atom. The van der Waals surface area contributed by atoms with Crippen LogP contribution >= 0.6 is 11.6 Å². The van der Waals surface area contributed by atoms with E-state index in [0.29, 0.717) is 12.0 Å². The van der Waals surface area contributed by atoms with E-state index in [1.54, 1.807) is 0 Å². The number of ether oxygens (including phenoxy) is 1. The van der Waals surface area contributed by atoms with Crippen molar-refractivity contribution >= 4 is 11.6 Å². The molecule has 1 saturated carbocycles. The summed E-state index contributed by atoms with van der Waals surface area (Å²) in [4.78, 5) is 0. The minimum absolute atomic E-state index is 0.385. The Morgan fingerprint density at radius 1 is 1.22 bits per heavy atom. The lowest BCUT2D eigenvalue weighted by molar-refractivity contribution is 0.128. The third-order valence-electron chi connectivity index (χ3n) is 4.09. The van der Waals surface area contributed by atoms with Crippen molar-refractivity contribution in [2.75, 3.05) is 0 Å². The van der Waals surface area contributed by atoms with Gasteiger partial charge in [0.25, 0.3) is 0 Å². The highest BCUT2D eigenvalue weighted by atomic mass is 35.5. The summed E-state index contributed by atoms with van der Waals surface area (Å²) in [7, 11) is 0. The molecule has 0 radical (unpaired) electrons. The van der Waals surface area contributed by atoms with Crippen molar-refractivity contribution in [1.29, 1.82) is 0 Å². The van der Waals surface area contributed by atoms with Crippen LogP contribution in [0.2, 0.25) is 0 Å². The second-order valence-electron chi connectivity index (χ2n) is 5.37. The maximum atomic E-state index is 6.22. The molecule has 0 spiro atoms. The van der Waals surface area contributed by atoms with Crippen LogP contribution in [0.3, 0.4) is 0 Å². The molecule has 1 nitrogen and oxygen atoms in total. The molecule has 100 valence electrons. The Hall–Kier alpha value is -0.690. The third-order valence-corrected chi connectivity index (χ3v) is 4.38. The van der Waals surface area contributed by atoms with Gasteiger partial charge in [-0.3, -0.25) is 0 Å². The van der Waals surface area contributed by atoms with Crippen molar-refractivity contribution < 1.29 is 4.74 Å². The summed E-state index contributed by atoms with van der Waals surface area (Å²) in [6, 6.07) is 6.21. The van der Waals surface area contributed by atoms with E-state index in [4.69, 9.17) is 16.3 Å². The van der Waals surface area contributed by atoms with Crippen LogP contribution in [0.4, 0.5) is 0 Å². The molecule has 18 heavy (non-hydrogen) atoms. The van der Waals surface area contributed by atoms with Gasteiger partial charge in [0.15, 0.2) is 0 Å². The molecule has 2 heteroatoms. The molecule has 1 aromatic rings. The van der Waals surface area contributed by atoms with Gasteiger partial charge in [0, 0.05) is 5.56 Å². The number of halogens is 1. The summed E-state index contributed by atoms with van der Waals surface area (Å²) in [5, 5.41) is 0. The van der Waals surface area contributed by atoms with Crippen molar-refractivity contribution in [3.8, 4) is 5.75 Å². The zero-order valence-corrected chi connectivity index (χ0v) is 12.2. The summed E-state index contributed by atoms with van der Waals surface area (Å²) in [5.41, 5.74) is 2.32. The Bertz CT molecular complexity index is 381. The zero-order chi connectivity index (χ0) is 13.0. The van der Waals surface area contributed by atoms with Crippen molar-refractivity contribution in [1.82, 2.24) is 0 Å². The first-order chi connectivity index (χ1) is 8.74. The van der Waals surface area contributed by atoms with Gasteiger partial charge >= 0.3 is 0 Å². The summed E-state index contributed by atoms with van der Waals surface area (Å²) < 4.78 is 6.22. The van der Waals surface area contributed by atoms with Crippen LogP contribution in [0.1, 0.15) is 50.2 Å². The Morgan fingerprint density at radius 2 is 1.94 bits per heavy atom. The lowest BCUT2D eigenvalue weighted by Crippen LogP contribution is -2.24. The van der Waals surface area contributed by atoms with Gasteiger partial charge in [-0.25, -0.2) is 0 Å². The first kappa shape index (κ1) is 13.7. The number of benzene rings is 1. The summed E-state index contributed by atoms with van der Waals surface area (Å²) in [6.45, 7) is 4.39. The first-order valence-electron chi connectivity index (χ1n) is 7.05. The molecule has 0 aliphatic heterocycles. The molecule has 0 heterocycles. The number of hydrogen-bond donors (Lipinski definition) is 0. The van der Waals surface area contributed by atoms with Gasteiger partial charge in [-0.1, -0.05) is 31.5 Å². The van der Waals surface area contributed by atoms with E-state index in [1.165, 1.54) is 37.7 Å². The Kier molecular flexibility index (Phi) is 4.94. The minimum atomic E-state index is 0.385. The molecule has 0 amide bonds. The van der Waals surface area contributed by atoms with Crippen molar-refractivity contribution in [2.24, 2.45) is 5.92 Å². The van der Waals surface area contributed by atoms with Crippen LogP contribution in [0.25, 0.3) is 0 Å². The van der Waals surface area contributed by atoms with E-state index >= 15 is 0 Å². The molecule has 0 bridgehead atoms. The van der Waals surface area contributed by atoms with Gasteiger partial charge in [-0.2, -0.15) is 0 Å². The average molecular weight is 267 g/mol. The highest BCUT2D eigenvalue weighted by molar-refractivity contribution is 6.17. The van der Waals surface area contributed by atoms with E-state index in [2.05, 4.69) is 26.0 Å². The topological polar surface area (TPSA) is 9.23 Å². The molecule has 0 aromatic heterocycles. The molecule has 0 unspecified atom stereocenters. The van der Waals surface area contributed by atoms with Crippen LogP contribution in [0.5, 0.6) is 5.75 Å². The third kappa shape index (κ3) is 3.20. The number of hydrogen-bond acceptors (Lipinski definition) is 1. The average Bonchev–Trinajstić information content (AvgIpc) is 2.42. The molecule has 1 aliphatic carbocycles.